The van der Waals surface area contributed by atoms with Crippen molar-refractivity contribution in [3.05, 3.63) is 65.6 Å². The molecule has 176 valence electrons. The van der Waals surface area contributed by atoms with Crippen LogP contribution < -0.4 is 5.32 Å². The number of benzene rings is 1. The number of hydrogen-bond acceptors (Lipinski definition) is 5. The summed E-state index contributed by atoms with van der Waals surface area (Å²) in [5.41, 5.74) is -2.29. The minimum absolute atomic E-state index is 0.0191. The minimum atomic E-state index is -5.07. The Morgan fingerprint density at radius 3 is 2.45 bits per heavy atom. The molecule has 1 atom stereocenters. The third kappa shape index (κ3) is 6.21. The van der Waals surface area contributed by atoms with Gasteiger partial charge in [-0.05, 0) is 31.2 Å². The topological polar surface area (TPSA) is 72.7 Å². The van der Waals surface area contributed by atoms with Crippen LogP contribution in [-0.4, -0.2) is 37.6 Å². The molecule has 0 aliphatic rings. The number of halogens is 7. The van der Waals surface area contributed by atoms with Crippen LogP contribution in [0, 0.1) is 5.82 Å². The monoisotopic (exact) mass is 493 g/mol. The highest BCUT2D eigenvalue weighted by Gasteiger charge is 2.39. The second kappa shape index (κ2) is 9.37. The molecule has 14 heteroatoms. The average Bonchev–Trinajstić information content (AvgIpc) is 3.21. The molecule has 3 aromatic rings. The lowest BCUT2D eigenvalue weighted by Crippen LogP contribution is -2.30. The molecule has 1 N–H and O–H groups in total. The van der Waals surface area contributed by atoms with Crippen molar-refractivity contribution in [3.8, 4) is 5.82 Å². The summed E-state index contributed by atoms with van der Waals surface area (Å²) in [6.07, 6.45) is -7.60. The number of carbonyl (C=O) groups is 1. The SMILES string of the molecule is CC(NC(=O)c1cccc(SCC(F)(F)F)c1C(F)(F)F)c1ncn(-c2ccc(F)cn2)n1. The van der Waals surface area contributed by atoms with Crippen molar-refractivity contribution in [1.29, 1.82) is 0 Å². The van der Waals surface area contributed by atoms with Gasteiger partial charge < -0.3 is 5.32 Å². The lowest BCUT2D eigenvalue weighted by molar-refractivity contribution is -0.140. The Labute approximate surface area is 186 Å². The number of thioether (sulfide) groups is 1. The molecule has 2 aromatic heterocycles. The Morgan fingerprint density at radius 1 is 1.12 bits per heavy atom. The van der Waals surface area contributed by atoms with Crippen LogP contribution in [0.25, 0.3) is 5.82 Å². The summed E-state index contributed by atoms with van der Waals surface area (Å²) in [5, 5.41) is 6.37. The summed E-state index contributed by atoms with van der Waals surface area (Å²) >= 11 is -0.0570. The minimum Gasteiger partial charge on any atom is -0.342 e. The third-order valence-corrected chi connectivity index (χ3v) is 5.26. The molecule has 0 saturated heterocycles. The number of aromatic nitrogens is 4. The molecule has 3 rings (SSSR count). The molecule has 1 aromatic carbocycles. The molecule has 33 heavy (non-hydrogen) atoms. The molecular formula is C19H14F7N5OS. The molecule has 0 radical (unpaired) electrons. The molecule has 0 aliphatic heterocycles. The van der Waals surface area contributed by atoms with E-state index in [-0.39, 0.29) is 23.4 Å². The zero-order valence-corrected chi connectivity index (χ0v) is 17.4. The summed E-state index contributed by atoms with van der Waals surface area (Å²) < 4.78 is 92.6. The van der Waals surface area contributed by atoms with E-state index in [1.807, 2.05) is 0 Å². The van der Waals surface area contributed by atoms with Crippen LogP contribution in [-0.2, 0) is 6.18 Å². The quantitative estimate of drug-likeness (QED) is 0.388. The van der Waals surface area contributed by atoms with Gasteiger partial charge in [-0.15, -0.1) is 16.9 Å². The summed E-state index contributed by atoms with van der Waals surface area (Å²) in [6.45, 7) is 1.41. The first-order valence-electron chi connectivity index (χ1n) is 9.09. The van der Waals surface area contributed by atoms with E-state index in [1.54, 1.807) is 0 Å². The van der Waals surface area contributed by atoms with Crippen LogP contribution >= 0.6 is 11.8 Å². The molecule has 0 aliphatic carbocycles. The fraction of sp³-hybridized carbons (Fsp3) is 0.263. The van der Waals surface area contributed by atoms with Crippen LogP contribution in [0.2, 0.25) is 0 Å². The normalized spacial score (nSPS) is 13.1. The van der Waals surface area contributed by atoms with Gasteiger partial charge >= 0.3 is 12.4 Å². The van der Waals surface area contributed by atoms with Crippen LogP contribution in [0.5, 0.6) is 0 Å². The summed E-state index contributed by atoms with van der Waals surface area (Å²) in [4.78, 5) is 19.6. The second-order valence-corrected chi connectivity index (χ2v) is 7.67. The number of pyridine rings is 1. The maximum absolute atomic E-state index is 13.6. The van der Waals surface area contributed by atoms with E-state index < -0.39 is 51.9 Å². The molecule has 6 nitrogen and oxygen atoms in total. The number of hydrogen-bond donors (Lipinski definition) is 1. The van der Waals surface area contributed by atoms with Gasteiger partial charge in [-0.3, -0.25) is 4.79 Å². The Morgan fingerprint density at radius 2 is 1.85 bits per heavy atom. The number of amides is 1. The number of nitrogens with one attached hydrogen (secondary N) is 1. The highest BCUT2D eigenvalue weighted by atomic mass is 32.2. The molecule has 0 saturated carbocycles. The van der Waals surface area contributed by atoms with E-state index in [1.165, 1.54) is 24.0 Å². The van der Waals surface area contributed by atoms with E-state index in [9.17, 15) is 35.5 Å². The molecular weight excluding hydrogens is 479 g/mol. The first-order chi connectivity index (χ1) is 15.3. The zero-order chi connectivity index (χ0) is 24.4. The van der Waals surface area contributed by atoms with E-state index >= 15 is 0 Å². The van der Waals surface area contributed by atoms with Crippen molar-refractivity contribution >= 4 is 17.7 Å². The zero-order valence-electron chi connectivity index (χ0n) is 16.6. The molecule has 2 heterocycles. The van der Waals surface area contributed by atoms with E-state index in [0.717, 1.165) is 30.5 Å². The first-order valence-corrected chi connectivity index (χ1v) is 10.1. The lowest BCUT2D eigenvalue weighted by atomic mass is 10.1. The predicted molar refractivity (Wildman–Crippen MR) is 103 cm³/mol. The highest BCUT2D eigenvalue weighted by molar-refractivity contribution is 7.99. The van der Waals surface area contributed by atoms with Gasteiger partial charge in [0.25, 0.3) is 5.91 Å². The summed E-state index contributed by atoms with van der Waals surface area (Å²) in [5.74, 6) is -3.06. The van der Waals surface area contributed by atoms with E-state index in [2.05, 4.69) is 20.4 Å². The van der Waals surface area contributed by atoms with Gasteiger partial charge in [0.1, 0.15) is 12.1 Å². The van der Waals surface area contributed by atoms with Crippen molar-refractivity contribution in [2.24, 2.45) is 0 Å². The smallest absolute Gasteiger partial charge is 0.342 e. The average molecular weight is 493 g/mol. The summed E-state index contributed by atoms with van der Waals surface area (Å²) in [6, 6.07) is 4.30. The van der Waals surface area contributed by atoms with E-state index in [4.69, 9.17) is 0 Å². The largest absolute Gasteiger partial charge is 0.418 e. The van der Waals surface area contributed by atoms with Gasteiger partial charge in [0, 0.05) is 4.90 Å². The van der Waals surface area contributed by atoms with Crippen LogP contribution in [0.4, 0.5) is 30.7 Å². The highest BCUT2D eigenvalue weighted by Crippen LogP contribution is 2.40. The maximum atomic E-state index is 13.6. The van der Waals surface area contributed by atoms with Gasteiger partial charge in [0.2, 0.25) is 0 Å². The molecule has 1 unspecified atom stereocenters. The number of carbonyl (C=O) groups excluding carboxylic acids is 1. The molecule has 0 fully saturated rings. The Hall–Kier alpha value is -3.16. The Kier molecular flexibility index (Phi) is 6.95. The van der Waals surface area contributed by atoms with Crippen molar-refractivity contribution in [1.82, 2.24) is 25.1 Å². The first kappa shape index (κ1) is 24.5. The standard InChI is InChI=1S/C19H14F7N5OS/c1-10(16-28-9-31(30-16)14-6-5-11(20)7-27-14)29-17(32)12-3-2-4-13(15(12)19(24,25)26)33-8-18(21,22)23/h2-7,9-10H,8H2,1H3,(H,29,32). The Balaban J connectivity index is 1.83. The Bertz CT molecular complexity index is 1130. The summed E-state index contributed by atoms with van der Waals surface area (Å²) in [7, 11) is 0. The van der Waals surface area contributed by atoms with Crippen molar-refractivity contribution < 1.29 is 35.5 Å². The van der Waals surface area contributed by atoms with Crippen molar-refractivity contribution in [3.63, 3.8) is 0 Å². The second-order valence-electron chi connectivity index (χ2n) is 6.66. The number of rotatable bonds is 6. The third-order valence-electron chi connectivity index (χ3n) is 4.14. The molecule has 1 amide bonds. The van der Waals surface area contributed by atoms with Gasteiger partial charge in [0.05, 0.1) is 29.1 Å². The lowest BCUT2D eigenvalue weighted by Gasteiger charge is -2.18. The molecule has 0 spiro atoms. The van der Waals surface area contributed by atoms with Gasteiger partial charge in [-0.25, -0.2) is 19.0 Å². The number of nitrogens with zero attached hydrogens (tertiary/aromatic N) is 4. The number of alkyl halides is 6. The van der Waals surface area contributed by atoms with Gasteiger partial charge in [-0.2, -0.15) is 26.3 Å². The van der Waals surface area contributed by atoms with Crippen LogP contribution in [0.3, 0.4) is 0 Å². The fourth-order valence-electron chi connectivity index (χ4n) is 2.72. The van der Waals surface area contributed by atoms with Crippen LogP contribution in [0.15, 0.2) is 47.8 Å². The predicted octanol–water partition coefficient (Wildman–Crippen LogP) is 4.97. The van der Waals surface area contributed by atoms with Gasteiger partial charge in [0.15, 0.2) is 11.6 Å². The molecule has 0 bridgehead atoms. The van der Waals surface area contributed by atoms with Crippen molar-refractivity contribution in [2.75, 3.05) is 5.75 Å². The van der Waals surface area contributed by atoms with Crippen molar-refractivity contribution in [2.45, 2.75) is 30.2 Å². The maximum Gasteiger partial charge on any atom is 0.418 e. The van der Waals surface area contributed by atoms with Gasteiger partial charge in [-0.1, -0.05) is 6.07 Å². The van der Waals surface area contributed by atoms with Crippen LogP contribution in [0.1, 0.15) is 34.7 Å². The fourth-order valence-corrected chi connectivity index (χ4v) is 3.58. The van der Waals surface area contributed by atoms with E-state index in [0.29, 0.717) is 0 Å².